The van der Waals surface area contributed by atoms with Gasteiger partial charge in [-0.25, -0.2) is 4.57 Å². The Bertz CT molecular complexity index is 1140. The van der Waals surface area contributed by atoms with E-state index < -0.39 is 7.82 Å². The SMILES string of the molecule is CCCCCCCCCCCCCCCC(=O)Nc1ccc(OP(=O)(OCc2ccccc2)OCc2ccccc2)cc1. The van der Waals surface area contributed by atoms with Gasteiger partial charge in [0.15, 0.2) is 0 Å². The van der Waals surface area contributed by atoms with Gasteiger partial charge in [-0.15, -0.1) is 0 Å². The standard InChI is InChI=1S/C36H50NO5P/c1-2-3-4-5-6-7-8-9-10-11-12-13-20-25-36(38)37-34-26-28-35(29-27-34)42-43(39,40-30-32-21-16-14-17-22-32)41-31-33-23-18-15-19-24-33/h14-19,21-24,26-29H,2-13,20,25,30-31H2,1H3,(H,37,38). The molecule has 0 aliphatic heterocycles. The number of hydrogen-bond acceptors (Lipinski definition) is 5. The van der Waals surface area contributed by atoms with Crippen molar-refractivity contribution in [3.8, 4) is 5.75 Å². The lowest BCUT2D eigenvalue weighted by molar-refractivity contribution is -0.116. The molecule has 0 bridgehead atoms. The first-order valence-electron chi connectivity index (χ1n) is 16.1. The molecule has 0 aliphatic rings. The lowest BCUT2D eigenvalue weighted by Crippen LogP contribution is -2.11. The highest BCUT2D eigenvalue weighted by Crippen LogP contribution is 2.51. The van der Waals surface area contributed by atoms with Gasteiger partial charge in [-0.2, -0.15) is 0 Å². The molecule has 234 valence electrons. The third kappa shape index (κ3) is 15.4. The zero-order valence-corrected chi connectivity index (χ0v) is 26.8. The summed E-state index contributed by atoms with van der Waals surface area (Å²) in [4.78, 5) is 12.4. The molecule has 0 aliphatic carbocycles. The Hall–Kier alpha value is -2.92. The summed E-state index contributed by atoms with van der Waals surface area (Å²) in [5.74, 6) is 0.332. The maximum Gasteiger partial charge on any atom is 0.530 e. The van der Waals surface area contributed by atoms with Crippen LogP contribution >= 0.6 is 7.82 Å². The van der Waals surface area contributed by atoms with Crippen LogP contribution in [0.5, 0.6) is 5.75 Å². The van der Waals surface area contributed by atoms with E-state index in [1.807, 2.05) is 60.7 Å². The molecule has 6 nitrogen and oxygen atoms in total. The van der Waals surface area contributed by atoms with E-state index in [4.69, 9.17) is 13.6 Å². The van der Waals surface area contributed by atoms with Gasteiger partial charge in [0.1, 0.15) is 5.75 Å². The van der Waals surface area contributed by atoms with Crippen molar-refractivity contribution in [1.82, 2.24) is 0 Å². The normalized spacial score (nSPS) is 11.4. The van der Waals surface area contributed by atoms with Crippen molar-refractivity contribution < 1.29 is 22.9 Å². The molecule has 0 saturated carbocycles. The number of hydrogen-bond donors (Lipinski definition) is 1. The van der Waals surface area contributed by atoms with Crippen molar-refractivity contribution in [2.45, 2.75) is 110 Å². The van der Waals surface area contributed by atoms with Gasteiger partial charge in [-0.05, 0) is 41.8 Å². The number of anilines is 1. The molecule has 7 heteroatoms. The summed E-state index contributed by atoms with van der Waals surface area (Å²) in [7, 11) is -3.94. The van der Waals surface area contributed by atoms with Gasteiger partial charge in [-0.3, -0.25) is 13.8 Å². The van der Waals surface area contributed by atoms with Gasteiger partial charge in [0.2, 0.25) is 5.91 Å². The topological polar surface area (TPSA) is 73.9 Å². The first kappa shape index (κ1) is 34.6. The van der Waals surface area contributed by atoms with Crippen molar-refractivity contribution >= 4 is 19.4 Å². The minimum absolute atomic E-state index is 0.000183. The number of amides is 1. The Morgan fingerprint density at radius 1 is 0.605 bits per heavy atom. The van der Waals surface area contributed by atoms with Crippen LogP contribution in [-0.4, -0.2) is 5.91 Å². The molecular weight excluding hydrogens is 557 g/mol. The molecule has 0 unspecified atom stereocenters. The Morgan fingerprint density at radius 2 is 1.05 bits per heavy atom. The number of unbranched alkanes of at least 4 members (excludes halogenated alkanes) is 12. The van der Waals surface area contributed by atoms with Crippen LogP contribution in [0.4, 0.5) is 5.69 Å². The predicted octanol–water partition coefficient (Wildman–Crippen LogP) is 11.0. The highest BCUT2D eigenvalue weighted by Gasteiger charge is 2.29. The summed E-state index contributed by atoms with van der Waals surface area (Å²) >= 11 is 0. The summed E-state index contributed by atoms with van der Waals surface area (Å²) in [5, 5.41) is 2.94. The fraction of sp³-hybridized carbons (Fsp3) is 0.472. The fourth-order valence-electron chi connectivity index (χ4n) is 4.80. The third-order valence-corrected chi connectivity index (χ3v) is 8.65. The highest BCUT2D eigenvalue weighted by molar-refractivity contribution is 7.48. The molecule has 0 saturated heterocycles. The summed E-state index contributed by atoms with van der Waals surface area (Å²) in [6.45, 7) is 2.43. The Kier molecular flexibility index (Phi) is 16.8. The molecular formula is C36H50NO5P. The van der Waals surface area contributed by atoms with E-state index in [2.05, 4.69) is 12.2 Å². The second-order valence-electron chi connectivity index (χ2n) is 11.1. The molecule has 1 N–H and O–H groups in total. The first-order chi connectivity index (χ1) is 21.1. The predicted molar refractivity (Wildman–Crippen MR) is 176 cm³/mol. The first-order valence-corrected chi connectivity index (χ1v) is 17.6. The van der Waals surface area contributed by atoms with Gasteiger partial charge < -0.3 is 9.84 Å². The minimum Gasteiger partial charge on any atom is -0.404 e. The largest absolute Gasteiger partial charge is 0.530 e. The zero-order chi connectivity index (χ0) is 30.4. The summed E-state index contributed by atoms with van der Waals surface area (Å²) in [6, 6.07) is 25.7. The Morgan fingerprint density at radius 3 is 1.51 bits per heavy atom. The average molecular weight is 608 g/mol. The molecule has 0 heterocycles. The van der Waals surface area contributed by atoms with Gasteiger partial charge in [0.05, 0.1) is 13.2 Å². The fourth-order valence-corrected chi connectivity index (χ4v) is 5.97. The number of rotatable bonds is 23. The van der Waals surface area contributed by atoms with E-state index >= 15 is 0 Å². The summed E-state index contributed by atoms with van der Waals surface area (Å²) in [5.41, 5.74) is 2.38. The van der Waals surface area contributed by atoms with E-state index in [1.165, 1.54) is 70.6 Å². The van der Waals surface area contributed by atoms with Crippen LogP contribution in [0.3, 0.4) is 0 Å². The number of carbonyl (C=O) groups is 1. The van der Waals surface area contributed by atoms with Crippen LogP contribution in [0.25, 0.3) is 0 Å². The van der Waals surface area contributed by atoms with Crippen molar-refractivity contribution in [3.63, 3.8) is 0 Å². The smallest absolute Gasteiger partial charge is 0.404 e. The van der Waals surface area contributed by atoms with Crippen LogP contribution in [0, 0.1) is 0 Å². The maximum atomic E-state index is 13.6. The van der Waals surface area contributed by atoms with Crippen LogP contribution in [0.15, 0.2) is 84.9 Å². The monoisotopic (exact) mass is 607 g/mol. The van der Waals surface area contributed by atoms with Gasteiger partial charge >= 0.3 is 7.82 Å². The zero-order valence-electron chi connectivity index (χ0n) is 25.9. The molecule has 3 aromatic carbocycles. The molecule has 0 fully saturated rings. The summed E-state index contributed by atoms with van der Waals surface area (Å²) < 4.78 is 30.7. The van der Waals surface area contributed by atoms with Gasteiger partial charge in [0.25, 0.3) is 0 Å². The second kappa shape index (κ2) is 20.9. The third-order valence-electron chi connectivity index (χ3n) is 7.33. The van der Waals surface area contributed by atoms with E-state index in [0.29, 0.717) is 17.9 Å². The molecule has 3 aromatic rings. The van der Waals surface area contributed by atoms with Crippen molar-refractivity contribution in [2.24, 2.45) is 0 Å². The van der Waals surface area contributed by atoms with Crippen LogP contribution in [0.1, 0.15) is 108 Å². The maximum absolute atomic E-state index is 13.6. The quantitative estimate of drug-likeness (QED) is 0.0857. The molecule has 1 amide bonds. The van der Waals surface area contributed by atoms with Gasteiger partial charge in [0, 0.05) is 12.1 Å². The van der Waals surface area contributed by atoms with Crippen LogP contribution in [0.2, 0.25) is 0 Å². The average Bonchev–Trinajstić information content (AvgIpc) is 3.03. The van der Waals surface area contributed by atoms with Crippen molar-refractivity contribution in [2.75, 3.05) is 5.32 Å². The van der Waals surface area contributed by atoms with Gasteiger partial charge in [-0.1, -0.05) is 145 Å². The molecule has 3 rings (SSSR count). The lowest BCUT2D eigenvalue weighted by atomic mass is 10.0. The highest BCUT2D eigenvalue weighted by atomic mass is 31.2. The van der Waals surface area contributed by atoms with Crippen molar-refractivity contribution in [1.29, 1.82) is 0 Å². The number of phosphoric acid groups is 1. The number of benzene rings is 3. The van der Waals surface area contributed by atoms with E-state index in [9.17, 15) is 9.36 Å². The van der Waals surface area contributed by atoms with Crippen LogP contribution in [-0.2, 0) is 31.6 Å². The number of phosphoric ester groups is 1. The van der Waals surface area contributed by atoms with Crippen LogP contribution < -0.4 is 9.84 Å². The molecule has 0 radical (unpaired) electrons. The minimum atomic E-state index is -3.94. The van der Waals surface area contributed by atoms with E-state index in [-0.39, 0.29) is 19.1 Å². The van der Waals surface area contributed by atoms with Crippen molar-refractivity contribution in [3.05, 3.63) is 96.1 Å². The number of carbonyl (C=O) groups excluding carboxylic acids is 1. The van der Waals surface area contributed by atoms with E-state index in [0.717, 1.165) is 24.0 Å². The molecule has 0 atom stereocenters. The Labute approximate surface area is 259 Å². The lowest BCUT2D eigenvalue weighted by Gasteiger charge is -2.19. The molecule has 0 spiro atoms. The molecule has 43 heavy (non-hydrogen) atoms. The van der Waals surface area contributed by atoms with E-state index in [1.54, 1.807) is 24.3 Å². The Balaban J connectivity index is 1.35. The summed E-state index contributed by atoms with van der Waals surface area (Å²) in [6.07, 6.45) is 17.2. The second-order valence-corrected chi connectivity index (χ2v) is 12.7. The number of nitrogens with one attached hydrogen (secondary N) is 1. The molecule has 0 aromatic heterocycles.